The number of aromatic nitrogens is 2. The Bertz CT molecular complexity index is 1090. The molecule has 2 aromatic carbocycles. The van der Waals surface area contributed by atoms with Crippen LogP contribution in [0.1, 0.15) is 35.7 Å². The van der Waals surface area contributed by atoms with Crippen LogP contribution in [0.4, 0.5) is 11.4 Å². The quantitative estimate of drug-likeness (QED) is 0.602. The van der Waals surface area contributed by atoms with Crippen LogP contribution < -0.4 is 20.9 Å². The first kappa shape index (κ1) is 19.7. The van der Waals surface area contributed by atoms with Crippen LogP contribution in [0.15, 0.2) is 65.6 Å². The van der Waals surface area contributed by atoms with Crippen LogP contribution in [0, 0.1) is 0 Å². The molecule has 0 saturated heterocycles. The van der Waals surface area contributed by atoms with Crippen molar-refractivity contribution in [3.8, 4) is 5.75 Å². The maximum atomic E-state index is 13.1. The molecule has 30 heavy (non-hydrogen) atoms. The minimum atomic E-state index is -0.294. The van der Waals surface area contributed by atoms with Gasteiger partial charge in [-0.3, -0.25) is 9.59 Å². The number of carbonyl (C=O) groups is 1. The number of benzene rings is 2. The Kier molecular flexibility index (Phi) is 5.79. The highest BCUT2D eigenvalue weighted by Crippen LogP contribution is 2.25. The average Bonchev–Trinajstić information content (AvgIpc) is 3.58. The van der Waals surface area contributed by atoms with E-state index in [1.807, 2.05) is 43.3 Å². The van der Waals surface area contributed by atoms with E-state index in [-0.39, 0.29) is 17.5 Å². The van der Waals surface area contributed by atoms with Crippen LogP contribution in [-0.4, -0.2) is 28.3 Å². The minimum absolute atomic E-state index is 0.109. The second-order valence-corrected chi connectivity index (χ2v) is 7.22. The van der Waals surface area contributed by atoms with Crippen molar-refractivity contribution >= 4 is 17.3 Å². The van der Waals surface area contributed by atoms with E-state index in [4.69, 9.17) is 4.74 Å². The molecule has 1 fully saturated rings. The molecule has 1 aliphatic rings. The van der Waals surface area contributed by atoms with Gasteiger partial charge in [-0.05, 0) is 43.5 Å². The lowest BCUT2D eigenvalue weighted by molar-refractivity contribution is 0.0951. The summed E-state index contributed by atoms with van der Waals surface area (Å²) in [4.78, 5) is 25.5. The molecule has 3 aromatic rings. The van der Waals surface area contributed by atoms with Crippen LogP contribution in [0.25, 0.3) is 0 Å². The summed E-state index contributed by atoms with van der Waals surface area (Å²) in [5.74, 6) is 0.266. The molecular weight excluding hydrogens is 380 g/mol. The van der Waals surface area contributed by atoms with E-state index in [1.54, 1.807) is 24.4 Å². The Morgan fingerprint density at radius 3 is 2.70 bits per heavy atom. The first-order valence-electron chi connectivity index (χ1n) is 10.1. The summed E-state index contributed by atoms with van der Waals surface area (Å²) in [6.07, 6.45) is 3.60. The fourth-order valence-corrected chi connectivity index (χ4v) is 3.10. The van der Waals surface area contributed by atoms with Crippen molar-refractivity contribution in [2.45, 2.75) is 32.4 Å². The van der Waals surface area contributed by atoms with Crippen LogP contribution in [0.2, 0.25) is 0 Å². The molecule has 0 atom stereocenters. The number of hydrogen-bond donors (Lipinski definition) is 2. The Balaban J connectivity index is 1.62. The number of anilines is 2. The van der Waals surface area contributed by atoms with E-state index in [0.29, 0.717) is 35.8 Å². The SMILES string of the molecule is CCOc1cnn(Cc2ccccc2)c(=O)c1Nc1cccc(C(=O)NC2CC2)c1. The maximum Gasteiger partial charge on any atom is 0.294 e. The molecule has 7 nitrogen and oxygen atoms in total. The number of hydrogen-bond acceptors (Lipinski definition) is 5. The van der Waals surface area contributed by atoms with Gasteiger partial charge in [0.2, 0.25) is 0 Å². The van der Waals surface area contributed by atoms with Crippen molar-refractivity contribution in [3.05, 3.63) is 82.3 Å². The standard InChI is InChI=1S/C23H24N4O3/c1-2-30-20-14-24-27(15-16-7-4-3-5-8-16)23(29)21(20)25-19-10-6-9-17(13-19)22(28)26-18-11-12-18/h3-10,13-14,18,25H,2,11-12,15H2,1H3,(H,26,28). The van der Waals surface area contributed by atoms with Gasteiger partial charge < -0.3 is 15.4 Å². The molecule has 0 unspecified atom stereocenters. The van der Waals surface area contributed by atoms with Gasteiger partial charge in [-0.1, -0.05) is 36.4 Å². The van der Waals surface area contributed by atoms with Crippen molar-refractivity contribution in [3.63, 3.8) is 0 Å². The van der Waals surface area contributed by atoms with Crippen LogP contribution >= 0.6 is 0 Å². The summed E-state index contributed by atoms with van der Waals surface area (Å²) in [5, 5.41) is 10.4. The summed E-state index contributed by atoms with van der Waals surface area (Å²) in [6.45, 7) is 2.61. The van der Waals surface area contributed by atoms with Crippen LogP contribution in [0.5, 0.6) is 5.75 Å². The predicted molar refractivity (Wildman–Crippen MR) is 115 cm³/mol. The first-order valence-corrected chi connectivity index (χ1v) is 10.1. The molecule has 1 saturated carbocycles. The second kappa shape index (κ2) is 8.82. The van der Waals surface area contributed by atoms with Gasteiger partial charge in [-0.2, -0.15) is 5.10 Å². The molecule has 0 spiro atoms. The molecule has 0 bridgehead atoms. The van der Waals surface area contributed by atoms with Crippen LogP contribution in [-0.2, 0) is 6.54 Å². The summed E-state index contributed by atoms with van der Waals surface area (Å²) < 4.78 is 7.01. The van der Waals surface area contributed by atoms with Gasteiger partial charge in [0, 0.05) is 17.3 Å². The van der Waals surface area contributed by atoms with Gasteiger partial charge in [-0.25, -0.2) is 4.68 Å². The van der Waals surface area contributed by atoms with Gasteiger partial charge in [0.1, 0.15) is 0 Å². The summed E-state index contributed by atoms with van der Waals surface area (Å²) in [6, 6.07) is 17.0. The van der Waals surface area contributed by atoms with Gasteiger partial charge in [0.05, 0.1) is 19.3 Å². The van der Waals surface area contributed by atoms with Crippen molar-refractivity contribution in [2.75, 3.05) is 11.9 Å². The third kappa shape index (κ3) is 4.68. The van der Waals surface area contributed by atoms with Gasteiger partial charge >= 0.3 is 0 Å². The topological polar surface area (TPSA) is 85.2 Å². The fourth-order valence-electron chi connectivity index (χ4n) is 3.10. The summed E-state index contributed by atoms with van der Waals surface area (Å²) in [7, 11) is 0. The number of nitrogens with one attached hydrogen (secondary N) is 2. The molecule has 1 aromatic heterocycles. The van der Waals surface area contributed by atoms with Gasteiger partial charge in [0.15, 0.2) is 11.4 Å². The Morgan fingerprint density at radius 2 is 1.97 bits per heavy atom. The van der Waals surface area contributed by atoms with E-state index in [2.05, 4.69) is 15.7 Å². The third-order valence-corrected chi connectivity index (χ3v) is 4.79. The van der Waals surface area contributed by atoms with Gasteiger partial charge in [0.25, 0.3) is 11.5 Å². The van der Waals surface area contributed by atoms with Gasteiger partial charge in [-0.15, -0.1) is 0 Å². The summed E-state index contributed by atoms with van der Waals surface area (Å²) >= 11 is 0. The van der Waals surface area contributed by atoms with E-state index < -0.39 is 0 Å². The van der Waals surface area contributed by atoms with E-state index in [1.165, 1.54) is 4.68 Å². The molecule has 7 heteroatoms. The highest BCUT2D eigenvalue weighted by Gasteiger charge is 2.24. The molecule has 1 aliphatic carbocycles. The monoisotopic (exact) mass is 404 g/mol. The lowest BCUT2D eigenvalue weighted by atomic mass is 10.2. The lowest BCUT2D eigenvalue weighted by Gasteiger charge is -2.14. The smallest absolute Gasteiger partial charge is 0.294 e. The molecule has 1 heterocycles. The van der Waals surface area contributed by atoms with E-state index in [9.17, 15) is 9.59 Å². The number of rotatable bonds is 8. The molecule has 0 radical (unpaired) electrons. The normalized spacial score (nSPS) is 13.0. The molecular formula is C23H24N4O3. The number of nitrogens with zero attached hydrogens (tertiary/aromatic N) is 2. The average molecular weight is 404 g/mol. The fraction of sp³-hybridized carbons (Fsp3) is 0.261. The number of amides is 1. The van der Waals surface area contributed by atoms with E-state index in [0.717, 1.165) is 18.4 Å². The summed E-state index contributed by atoms with van der Waals surface area (Å²) in [5.41, 5.74) is 2.15. The van der Waals surface area contributed by atoms with E-state index >= 15 is 0 Å². The van der Waals surface area contributed by atoms with Crippen molar-refractivity contribution < 1.29 is 9.53 Å². The zero-order valence-corrected chi connectivity index (χ0v) is 16.8. The predicted octanol–water partition coefficient (Wildman–Crippen LogP) is 3.33. The van der Waals surface area contributed by atoms with Crippen LogP contribution in [0.3, 0.4) is 0 Å². The minimum Gasteiger partial charge on any atom is -0.490 e. The molecule has 154 valence electrons. The largest absolute Gasteiger partial charge is 0.490 e. The number of carbonyl (C=O) groups excluding carboxylic acids is 1. The van der Waals surface area contributed by atoms with Crippen molar-refractivity contribution in [1.29, 1.82) is 0 Å². The number of ether oxygens (including phenoxy) is 1. The Labute approximate surface area is 174 Å². The zero-order valence-electron chi connectivity index (χ0n) is 16.8. The first-order chi connectivity index (χ1) is 14.6. The molecule has 4 rings (SSSR count). The maximum absolute atomic E-state index is 13.1. The molecule has 0 aliphatic heterocycles. The lowest BCUT2D eigenvalue weighted by Crippen LogP contribution is -2.26. The Hall–Kier alpha value is -3.61. The third-order valence-electron chi connectivity index (χ3n) is 4.79. The highest BCUT2D eigenvalue weighted by molar-refractivity contribution is 5.95. The van der Waals surface area contributed by atoms with Crippen molar-refractivity contribution in [2.24, 2.45) is 0 Å². The second-order valence-electron chi connectivity index (χ2n) is 7.22. The molecule has 1 amide bonds. The zero-order chi connectivity index (χ0) is 20.9. The highest BCUT2D eigenvalue weighted by atomic mass is 16.5. The molecule has 2 N–H and O–H groups in total. The Morgan fingerprint density at radius 1 is 1.17 bits per heavy atom. The van der Waals surface area contributed by atoms with Crippen molar-refractivity contribution in [1.82, 2.24) is 15.1 Å².